The number of rotatable bonds is 8. The number of hydrogen-bond acceptors (Lipinski definition) is 7. The molecule has 4 rings (SSSR count). The van der Waals surface area contributed by atoms with Crippen molar-refractivity contribution in [2.75, 3.05) is 7.11 Å². The highest BCUT2D eigenvalue weighted by Gasteiger charge is 2.31. The van der Waals surface area contributed by atoms with Crippen LogP contribution in [0.1, 0.15) is 23.6 Å². The molecule has 0 saturated carbocycles. The molecule has 12 heteroatoms. The average Bonchev–Trinajstić information content (AvgIpc) is 3.51. The largest absolute Gasteiger partial charge is 0.496 e. The highest BCUT2D eigenvalue weighted by molar-refractivity contribution is 7.80. The predicted octanol–water partition coefficient (Wildman–Crippen LogP) is 2.32. The van der Waals surface area contributed by atoms with Gasteiger partial charge in [0.05, 0.1) is 43.8 Å². The summed E-state index contributed by atoms with van der Waals surface area (Å²) in [5, 5.41) is 22.4. The molecule has 1 fully saturated rings. The van der Waals surface area contributed by atoms with Crippen molar-refractivity contribution in [3.63, 3.8) is 0 Å². The lowest BCUT2D eigenvalue weighted by Crippen LogP contribution is -2.29. The van der Waals surface area contributed by atoms with Crippen molar-refractivity contribution in [1.82, 2.24) is 29.8 Å². The lowest BCUT2D eigenvalue weighted by atomic mass is 10.1. The Morgan fingerprint density at radius 1 is 1.27 bits per heavy atom. The van der Waals surface area contributed by atoms with E-state index in [4.69, 9.17) is 17.0 Å². The summed E-state index contributed by atoms with van der Waals surface area (Å²) in [6.07, 6.45) is 6.84. The summed E-state index contributed by atoms with van der Waals surface area (Å²) in [6, 6.07) is 6.76. The maximum Gasteiger partial charge on any atom is 0.389 e. The van der Waals surface area contributed by atoms with Crippen molar-refractivity contribution >= 4 is 35.1 Å². The molecule has 0 spiro atoms. The maximum absolute atomic E-state index is 12.9. The number of ether oxygens (including phenoxy) is 1. The van der Waals surface area contributed by atoms with E-state index in [1.54, 1.807) is 30.1 Å². The molecule has 3 heterocycles. The van der Waals surface area contributed by atoms with E-state index in [9.17, 15) is 14.9 Å². The number of hydrogen-bond donors (Lipinski definition) is 1. The van der Waals surface area contributed by atoms with Crippen LogP contribution < -0.4 is 10.1 Å². The Labute approximate surface area is 194 Å². The van der Waals surface area contributed by atoms with Crippen LogP contribution in [0.2, 0.25) is 0 Å². The number of nitro groups is 1. The number of benzene rings is 1. The van der Waals surface area contributed by atoms with Gasteiger partial charge in [-0.25, -0.2) is 0 Å². The average molecular weight is 468 g/mol. The molecule has 1 aliphatic heterocycles. The van der Waals surface area contributed by atoms with Gasteiger partial charge >= 0.3 is 5.82 Å². The van der Waals surface area contributed by atoms with Crippen molar-refractivity contribution in [1.29, 1.82) is 0 Å². The number of methoxy groups -OCH3 is 1. The fraction of sp³-hybridized carbons (Fsp3) is 0.238. The van der Waals surface area contributed by atoms with Gasteiger partial charge in [0.2, 0.25) is 0 Å². The quantitative estimate of drug-likeness (QED) is 0.232. The van der Waals surface area contributed by atoms with Crippen molar-refractivity contribution in [3.8, 4) is 5.75 Å². The first kappa shape index (κ1) is 22.1. The molecule has 0 aliphatic carbocycles. The molecule has 0 atom stereocenters. The Kier molecular flexibility index (Phi) is 6.18. The third-order valence-electron chi connectivity index (χ3n) is 5.08. The van der Waals surface area contributed by atoms with Crippen LogP contribution in [-0.2, 0) is 24.4 Å². The highest BCUT2D eigenvalue weighted by atomic mass is 32.1. The highest BCUT2D eigenvalue weighted by Crippen LogP contribution is 2.24. The van der Waals surface area contributed by atoms with Crippen LogP contribution >= 0.6 is 12.2 Å². The van der Waals surface area contributed by atoms with E-state index in [1.807, 2.05) is 25.3 Å². The summed E-state index contributed by atoms with van der Waals surface area (Å²) in [5.41, 5.74) is 2.73. The van der Waals surface area contributed by atoms with E-state index in [1.165, 1.54) is 21.8 Å². The summed E-state index contributed by atoms with van der Waals surface area (Å²) in [5.74, 6) is 0.140. The second-order valence-corrected chi connectivity index (χ2v) is 7.67. The zero-order valence-electron chi connectivity index (χ0n) is 18.0. The second-order valence-electron chi connectivity index (χ2n) is 7.28. The van der Waals surface area contributed by atoms with E-state index < -0.39 is 4.92 Å². The molecule has 0 radical (unpaired) electrons. The van der Waals surface area contributed by atoms with Gasteiger partial charge in [0.15, 0.2) is 5.11 Å². The SMILES string of the molecule is CCn1cc(CN2C(=O)/C(=C\c3ccc(OC)c(Cn4ccc([N+](=O)[O-])n4)c3)NC2=S)cn1. The van der Waals surface area contributed by atoms with Crippen LogP contribution in [0.25, 0.3) is 6.08 Å². The van der Waals surface area contributed by atoms with E-state index >= 15 is 0 Å². The number of amides is 1. The van der Waals surface area contributed by atoms with Crippen molar-refractivity contribution in [3.05, 3.63) is 75.4 Å². The number of aromatic nitrogens is 4. The second kappa shape index (κ2) is 9.20. The third-order valence-corrected chi connectivity index (χ3v) is 5.40. The standard InChI is InChI=1S/C21H21N7O4S/c1-3-25-11-15(10-22-25)12-27-20(29)17(23-21(27)33)9-14-4-5-18(32-2)16(8-14)13-26-7-6-19(24-26)28(30)31/h4-11H,3,12-13H2,1-2H3,(H,23,33)/b17-9+. The summed E-state index contributed by atoms with van der Waals surface area (Å²) in [7, 11) is 1.54. The Bertz CT molecular complexity index is 1260. The number of thiocarbonyl (C=S) groups is 1. The van der Waals surface area contributed by atoms with Gasteiger partial charge in [-0.05, 0) is 47.8 Å². The first-order valence-corrected chi connectivity index (χ1v) is 10.5. The molecule has 3 aromatic rings. The Balaban J connectivity index is 1.55. The van der Waals surface area contributed by atoms with Gasteiger partial charge in [-0.1, -0.05) is 6.07 Å². The number of carbonyl (C=O) groups excluding carboxylic acids is 1. The molecule has 1 amide bonds. The number of aryl methyl sites for hydroxylation is 1. The van der Waals surface area contributed by atoms with Gasteiger partial charge in [-0.15, -0.1) is 0 Å². The number of nitrogens with one attached hydrogen (secondary N) is 1. The molecule has 1 aromatic carbocycles. The van der Waals surface area contributed by atoms with Crippen LogP contribution in [0.3, 0.4) is 0 Å². The first-order valence-electron chi connectivity index (χ1n) is 10.1. The minimum atomic E-state index is -0.548. The Hall–Kier alpha value is -4.06. The summed E-state index contributed by atoms with van der Waals surface area (Å²) >= 11 is 5.36. The van der Waals surface area contributed by atoms with Gasteiger partial charge in [-0.2, -0.15) is 9.78 Å². The van der Waals surface area contributed by atoms with Gasteiger partial charge in [0.25, 0.3) is 5.91 Å². The number of nitrogens with zero attached hydrogens (tertiary/aromatic N) is 6. The van der Waals surface area contributed by atoms with E-state index in [2.05, 4.69) is 15.5 Å². The molecule has 170 valence electrons. The summed E-state index contributed by atoms with van der Waals surface area (Å²) < 4.78 is 8.66. The molecular formula is C21H21N7O4S. The van der Waals surface area contributed by atoms with E-state index in [-0.39, 0.29) is 18.3 Å². The molecule has 1 N–H and O–H groups in total. The minimum absolute atomic E-state index is 0.230. The third kappa shape index (κ3) is 4.75. The van der Waals surface area contributed by atoms with Gasteiger partial charge in [0.1, 0.15) is 11.4 Å². The molecule has 0 bridgehead atoms. The van der Waals surface area contributed by atoms with Crippen molar-refractivity contribution in [2.24, 2.45) is 0 Å². The number of carbonyl (C=O) groups is 1. The monoisotopic (exact) mass is 467 g/mol. The Morgan fingerprint density at radius 3 is 2.76 bits per heavy atom. The van der Waals surface area contributed by atoms with Crippen LogP contribution in [0.15, 0.2) is 48.6 Å². The predicted molar refractivity (Wildman–Crippen MR) is 123 cm³/mol. The van der Waals surface area contributed by atoms with Gasteiger partial charge in [0, 0.05) is 23.9 Å². The van der Waals surface area contributed by atoms with Crippen LogP contribution in [0.4, 0.5) is 5.82 Å². The zero-order chi connectivity index (χ0) is 23.5. The summed E-state index contributed by atoms with van der Waals surface area (Å²) in [4.78, 5) is 24.8. The van der Waals surface area contributed by atoms with Crippen LogP contribution in [0.5, 0.6) is 5.75 Å². The molecule has 0 unspecified atom stereocenters. The lowest BCUT2D eigenvalue weighted by Gasteiger charge is -2.12. The van der Waals surface area contributed by atoms with E-state index in [0.29, 0.717) is 23.1 Å². The smallest absolute Gasteiger partial charge is 0.389 e. The topological polar surface area (TPSA) is 120 Å². The Morgan fingerprint density at radius 2 is 2.09 bits per heavy atom. The fourth-order valence-corrected chi connectivity index (χ4v) is 3.71. The normalized spacial score (nSPS) is 14.7. The van der Waals surface area contributed by atoms with Gasteiger partial charge in [-0.3, -0.25) is 14.4 Å². The molecule has 11 nitrogen and oxygen atoms in total. The van der Waals surface area contributed by atoms with Crippen molar-refractivity contribution in [2.45, 2.75) is 26.6 Å². The van der Waals surface area contributed by atoms with Crippen LogP contribution in [0, 0.1) is 10.1 Å². The molecular weight excluding hydrogens is 446 g/mol. The molecule has 1 aliphatic rings. The molecule has 2 aromatic heterocycles. The van der Waals surface area contributed by atoms with Crippen LogP contribution in [-0.4, -0.2) is 47.5 Å². The fourth-order valence-electron chi connectivity index (χ4n) is 3.45. The summed E-state index contributed by atoms with van der Waals surface area (Å²) in [6.45, 7) is 3.32. The first-order chi connectivity index (χ1) is 15.9. The minimum Gasteiger partial charge on any atom is -0.496 e. The van der Waals surface area contributed by atoms with E-state index in [0.717, 1.165) is 23.2 Å². The molecule has 33 heavy (non-hydrogen) atoms. The van der Waals surface area contributed by atoms with Crippen molar-refractivity contribution < 1.29 is 14.5 Å². The zero-order valence-corrected chi connectivity index (χ0v) is 18.8. The molecule has 1 saturated heterocycles. The lowest BCUT2D eigenvalue weighted by molar-refractivity contribution is -0.389. The maximum atomic E-state index is 12.9. The van der Waals surface area contributed by atoms with Gasteiger partial charge < -0.3 is 20.2 Å².